The van der Waals surface area contributed by atoms with E-state index >= 15 is 0 Å². The average molecular weight is 341 g/mol. The summed E-state index contributed by atoms with van der Waals surface area (Å²) in [6.45, 7) is 0. The molecule has 1 atom stereocenters. The molecule has 0 aromatic carbocycles. The third-order valence-corrected chi connectivity index (χ3v) is 7.92. The van der Waals surface area contributed by atoms with Crippen LogP contribution < -0.4 is 0 Å². The monoisotopic (exact) mass is 341 g/mol. The lowest BCUT2D eigenvalue weighted by Gasteiger charge is -2.37. The van der Waals surface area contributed by atoms with Crippen molar-refractivity contribution < 1.29 is 28.3 Å². The fourth-order valence-electron chi connectivity index (χ4n) is 3.29. The van der Waals surface area contributed by atoms with Gasteiger partial charge in [-0.2, -0.15) is 0 Å². The maximum Gasteiger partial charge on any atom is 0.415 e. The van der Waals surface area contributed by atoms with Crippen LogP contribution in [0.4, 0.5) is 0 Å². The van der Waals surface area contributed by atoms with Crippen LogP contribution in [0.2, 0.25) is 0 Å². The highest BCUT2D eigenvalue weighted by molar-refractivity contribution is 7.65. The second-order valence-electron chi connectivity index (χ2n) is 5.98. The van der Waals surface area contributed by atoms with Crippen molar-refractivity contribution in [3.05, 3.63) is 0 Å². The van der Waals surface area contributed by atoms with Crippen LogP contribution in [0.1, 0.15) is 64.2 Å². The van der Waals surface area contributed by atoms with Gasteiger partial charge in [-0.05, 0) is 25.7 Å². The quantitative estimate of drug-likeness (QED) is 0.659. The van der Waals surface area contributed by atoms with Crippen LogP contribution in [-0.2, 0) is 13.7 Å². The lowest BCUT2D eigenvalue weighted by molar-refractivity contribution is 0.107. The number of nitrogens with zero attached hydrogens (tertiary/aromatic N) is 1. The van der Waals surface area contributed by atoms with Gasteiger partial charge in [-0.15, -0.1) is 4.44 Å². The molecule has 124 valence electrons. The van der Waals surface area contributed by atoms with Gasteiger partial charge in [-0.3, -0.25) is 4.52 Å². The molecular formula is C12H25NO6P2. The van der Waals surface area contributed by atoms with Crippen molar-refractivity contribution in [2.45, 2.75) is 76.4 Å². The molecule has 0 heterocycles. The standard InChI is InChI=1S/C12H25NO6P2/c14-20(15,16)13(11-7-3-1-4-8-11)21(17,18)19-12-9-5-2-6-10-12/h11-12H,1-10H2,(H,17,18)(H2,14,15,16). The van der Waals surface area contributed by atoms with E-state index in [4.69, 9.17) is 4.52 Å². The zero-order valence-electron chi connectivity index (χ0n) is 12.1. The summed E-state index contributed by atoms with van der Waals surface area (Å²) in [5.74, 6) is 0. The fourth-order valence-corrected chi connectivity index (χ4v) is 6.59. The largest absolute Gasteiger partial charge is 0.415 e. The Morgan fingerprint density at radius 3 is 1.76 bits per heavy atom. The molecule has 0 aromatic rings. The van der Waals surface area contributed by atoms with Crippen LogP contribution >= 0.6 is 15.5 Å². The van der Waals surface area contributed by atoms with Crippen molar-refractivity contribution in [2.24, 2.45) is 0 Å². The Morgan fingerprint density at radius 1 is 0.810 bits per heavy atom. The van der Waals surface area contributed by atoms with E-state index in [2.05, 4.69) is 0 Å². The molecule has 2 fully saturated rings. The van der Waals surface area contributed by atoms with Gasteiger partial charge in [-0.1, -0.05) is 38.5 Å². The number of hydrogen-bond donors (Lipinski definition) is 3. The molecule has 0 spiro atoms. The highest BCUT2D eigenvalue weighted by Gasteiger charge is 2.48. The van der Waals surface area contributed by atoms with Gasteiger partial charge in [0.25, 0.3) is 0 Å². The molecule has 21 heavy (non-hydrogen) atoms. The second kappa shape index (κ2) is 7.22. The second-order valence-corrected chi connectivity index (χ2v) is 9.38. The summed E-state index contributed by atoms with van der Waals surface area (Å²) in [5, 5.41) is 0. The van der Waals surface area contributed by atoms with Gasteiger partial charge >= 0.3 is 15.5 Å². The highest BCUT2D eigenvalue weighted by atomic mass is 31.3. The van der Waals surface area contributed by atoms with Crippen molar-refractivity contribution in [2.75, 3.05) is 0 Å². The Kier molecular flexibility index (Phi) is 6.06. The topological polar surface area (TPSA) is 107 Å². The minimum Gasteiger partial charge on any atom is -0.312 e. The lowest BCUT2D eigenvalue weighted by Crippen LogP contribution is -2.33. The molecule has 2 aliphatic rings. The van der Waals surface area contributed by atoms with Crippen LogP contribution in [0, 0.1) is 0 Å². The summed E-state index contributed by atoms with van der Waals surface area (Å²) in [7, 11) is -9.33. The predicted octanol–water partition coefficient (Wildman–Crippen LogP) is 3.16. The van der Waals surface area contributed by atoms with Crippen LogP contribution in [0.25, 0.3) is 0 Å². The van der Waals surface area contributed by atoms with Gasteiger partial charge in [0.2, 0.25) is 0 Å². The summed E-state index contributed by atoms with van der Waals surface area (Å²) < 4.78 is 30.0. The van der Waals surface area contributed by atoms with E-state index in [0.717, 1.165) is 38.5 Å². The normalized spacial score (nSPS) is 25.9. The molecule has 0 amide bonds. The van der Waals surface area contributed by atoms with E-state index in [-0.39, 0.29) is 6.10 Å². The van der Waals surface area contributed by atoms with E-state index in [0.29, 0.717) is 30.1 Å². The highest BCUT2D eigenvalue weighted by Crippen LogP contribution is 2.64. The Morgan fingerprint density at radius 2 is 1.29 bits per heavy atom. The Balaban J connectivity index is 2.13. The van der Waals surface area contributed by atoms with Crippen LogP contribution in [-0.4, -0.2) is 31.3 Å². The van der Waals surface area contributed by atoms with Crippen molar-refractivity contribution in [3.63, 3.8) is 0 Å². The van der Waals surface area contributed by atoms with E-state index < -0.39 is 21.5 Å². The zero-order chi connectivity index (χ0) is 15.5. The molecule has 1 unspecified atom stereocenters. The summed E-state index contributed by atoms with van der Waals surface area (Å²) in [4.78, 5) is 29.2. The first-order valence-corrected chi connectivity index (χ1v) is 10.8. The van der Waals surface area contributed by atoms with Crippen LogP contribution in [0.15, 0.2) is 0 Å². The van der Waals surface area contributed by atoms with E-state index in [1.807, 2.05) is 0 Å². The Labute approximate surface area is 125 Å². The van der Waals surface area contributed by atoms with E-state index in [1.54, 1.807) is 0 Å². The van der Waals surface area contributed by atoms with Crippen LogP contribution in [0.3, 0.4) is 0 Å². The molecule has 0 aliphatic heterocycles. The van der Waals surface area contributed by atoms with Gasteiger partial charge in [-0.25, -0.2) is 9.13 Å². The minimum atomic E-state index is -4.84. The molecule has 0 saturated heterocycles. The molecule has 0 aromatic heterocycles. The average Bonchev–Trinajstić information content (AvgIpc) is 2.38. The SMILES string of the molecule is O=P(O)(O)N(C1CCCCC1)P(=O)(O)OC1CCCCC1. The first-order valence-electron chi connectivity index (χ1n) is 7.67. The summed E-state index contributed by atoms with van der Waals surface area (Å²) in [5.41, 5.74) is 0. The van der Waals surface area contributed by atoms with Gasteiger partial charge in [0, 0.05) is 6.04 Å². The molecule has 2 aliphatic carbocycles. The Bertz CT molecular complexity index is 427. The van der Waals surface area contributed by atoms with Crippen LogP contribution in [0.5, 0.6) is 0 Å². The molecule has 2 saturated carbocycles. The third-order valence-electron chi connectivity index (χ3n) is 4.27. The predicted molar refractivity (Wildman–Crippen MR) is 78.5 cm³/mol. The summed E-state index contributed by atoms with van der Waals surface area (Å²) >= 11 is 0. The van der Waals surface area contributed by atoms with Crippen molar-refractivity contribution in [1.82, 2.24) is 4.44 Å². The Hall–Kier alpha value is 0.260. The van der Waals surface area contributed by atoms with E-state index in [1.165, 1.54) is 0 Å². The van der Waals surface area contributed by atoms with E-state index in [9.17, 15) is 23.8 Å². The molecule has 2 rings (SSSR count). The number of hydrogen-bond acceptors (Lipinski definition) is 3. The maximum atomic E-state index is 12.5. The zero-order valence-corrected chi connectivity index (χ0v) is 13.9. The van der Waals surface area contributed by atoms with Gasteiger partial charge in [0.1, 0.15) is 0 Å². The lowest BCUT2D eigenvalue weighted by atomic mass is 9.96. The van der Waals surface area contributed by atoms with Gasteiger partial charge in [0.15, 0.2) is 0 Å². The fraction of sp³-hybridized carbons (Fsp3) is 1.00. The molecule has 9 heteroatoms. The summed E-state index contributed by atoms with van der Waals surface area (Å²) in [6, 6.07) is -0.584. The first-order chi connectivity index (χ1) is 9.81. The molecule has 0 bridgehead atoms. The van der Waals surface area contributed by atoms with Crippen molar-refractivity contribution in [1.29, 1.82) is 0 Å². The summed E-state index contributed by atoms with van der Waals surface area (Å²) in [6.07, 6.45) is 7.52. The first kappa shape index (κ1) is 17.6. The molecule has 3 N–H and O–H groups in total. The number of rotatable bonds is 5. The maximum absolute atomic E-state index is 12.5. The molecule has 7 nitrogen and oxygen atoms in total. The van der Waals surface area contributed by atoms with Gasteiger partial charge < -0.3 is 14.7 Å². The molecule has 0 radical (unpaired) electrons. The minimum absolute atomic E-state index is 0.382. The van der Waals surface area contributed by atoms with Crippen molar-refractivity contribution >= 4 is 15.5 Å². The third kappa shape index (κ3) is 4.87. The van der Waals surface area contributed by atoms with Crippen molar-refractivity contribution in [3.8, 4) is 0 Å². The van der Waals surface area contributed by atoms with Gasteiger partial charge in [0.05, 0.1) is 6.10 Å². The smallest absolute Gasteiger partial charge is 0.312 e. The molecular weight excluding hydrogens is 316 g/mol.